The fraction of sp³-hybridized carbons (Fsp3) is 0.526. The Morgan fingerprint density at radius 2 is 1.92 bits per heavy atom. The van der Waals surface area contributed by atoms with Crippen molar-refractivity contribution in [3.63, 3.8) is 0 Å². The number of carbonyl (C=O) groups is 3. The van der Waals surface area contributed by atoms with Crippen molar-refractivity contribution in [3.8, 4) is 0 Å². The molecule has 1 aromatic rings. The van der Waals surface area contributed by atoms with Gasteiger partial charge in [0.2, 0.25) is 17.7 Å². The van der Waals surface area contributed by atoms with Gasteiger partial charge in [0, 0.05) is 31.1 Å². The van der Waals surface area contributed by atoms with Gasteiger partial charge in [0.15, 0.2) is 0 Å². The number of primary amides is 1. The molecule has 0 aliphatic carbocycles. The molecule has 1 unspecified atom stereocenters. The number of hydrogen-bond donors (Lipinski definition) is 2. The van der Waals surface area contributed by atoms with E-state index in [1.54, 1.807) is 0 Å². The first-order valence-corrected chi connectivity index (χ1v) is 9.13. The Morgan fingerprint density at radius 3 is 2.62 bits per heavy atom. The highest BCUT2D eigenvalue weighted by Crippen LogP contribution is 2.41. The van der Waals surface area contributed by atoms with Gasteiger partial charge in [0.25, 0.3) is 0 Å². The van der Waals surface area contributed by atoms with Crippen molar-refractivity contribution in [1.29, 1.82) is 0 Å². The lowest BCUT2D eigenvalue weighted by Crippen LogP contribution is -2.46. The third-order valence-electron chi connectivity index (χ3n) is 5.24. The number of anilines is 1. The molecule has 1 saturated heterocycles. The number of nitrogens with two attached hydrogens (primary N) is 1. The lowest BCUT2D eigenvalue weighted by atomic mass is 9.97. The van der Waals surface area contributed by atoms with Crippen molar-refractivity contribution < 1.29 is 14.4 Å². The number of carbonyl (C=O) groups excluding carboxylic acids is 3. The summed E-state index contributed by atoms with van der Waals surface area (Å²) >= 11 is 0. The molecule has 7 nitrogen and oxygen atoms in total. The average Bonchev–Trinajstić information content (AvgIpc) is 2.88. The molecular weight excluding hydrogens is 332 g/mol. The van der Waals surface area contributed by atoms with Crippen LogP contribution in [0.1, 0.15) is 37.2 Å². The van der Waals surface area contributed by atoms with Crippen LogP contribution in [-0.2, 0) is 14.4 Å². The van der Waals surface area contributed by atoms with Crippen LogP contribution in [0.3, 0.4) is 0 Å². The predicted octanol–water partition coefficient (Wildman–Crippen LogP) is 0.593. The number of likely N-dealkylation sites (tertiary alicyclic amines) is 1. The zero-order chi connectivity index (χ0) is 18.7. The van der Waals surface area contributed by atoms with Crippen LogP contribution in [0.15, 0.2) is 24.3 Å². The van der Waals surface area contributed by atoms with Crippen LogP contribution in [0, 0.1) is 0 Å². The fourth-order valence-corrected chi connectivity index (χ4v) is 3.83. The lowest BCUT2D eigenvalue weighted by molar-refractivity contribution is -0.126. The minimum Gasteiger partial charge on any atom is -0.370 e. The fourth-order valence-electron chi connectivity index (χ4n) is 3.83. The van der Waals surface area contributed by atoms with E-state index in [0.29, 0.717) is 0 Å². The second-order valence-electron chi connectivity index (χ2n) is 7.12. The monoisotopic (exact) mass is 358 g/mol. The maximum Gasteiger partial charge on any atom is 0.235 e. The van der Waals surface area contributed by atoms with Crippen molar-refractivity contribution in [2.45, 2.75) is 37.6 Å². The largest absolute Gasteiger partial charge is 0.370 e. The van der Waals surface area contributed by atoms with Gasteiger partial charge in [-0.25, -0.2) is 0 Å². The SMILES string of the molecule is CN1CCC(N2C(=O)C(CC(=O)NCCC(N)=O)c3ccccc32)CC1. The molecule has 1 atom stereocenters. The first-order chi connectivity index (χ1) is 12.5. The van der Waals surface area contributed by atoms with Gasteiger partial charge in [0.1, 0.15) is 0 Å². The summed E-state index contributed by atoms with van der Waals surface area (Å²) in [5.41, 5.74) is 6.93. The van der Waals surface area contributed by atoms with Gasteiger partial charge in [-0.05, 0) is 44.6 Å². The molecule has 0 aromatic heterocycles. The molecule has 7 heteroatoms. The smallest absolute Gasteiger partial charge is 0.235 e. The van der Waals surface area contributed by atoms with Gasteiger partial charge < -0.3 is 20.9 Å². The Labute approximate surface area is 153 Å². The van der Waals surface area contributed by atoms with Crippen molar-refractivity contribution >= 4 is 23.4 Å². The van der Waals surface area contributed by atoms with Crippen LogP contribution in [-0.4, -0.2) is 55.3 Å². The van der Waals surface area contributed by atoms with E-state index in [9.17, 15) is 14.4 Å². The zero-order valence-corrected chi connectivity index (χ0v) is 15.1. The number of nitrogens with one attached hydrogen (secondary N) is 1. The molecule has 2 aliphatic heterocycles. The maximum atomic E-state index is 13.1. The summed E-state index contributed by atoms with van der Waals surface area (Å²) in [5.74, 6) is -1.14. The lowest BCUT2D eigenvalue weighted by Gasteiger charge is -2.35. The third-order valence-corrected chi connectivity index (χ3v) is 5.24. The normalized spacial score (nSPS) is 20.9. The second-order valence-corrected chi connectivity index (χ2v) is 7.12. The molecule has 3 N–H and O–H groups in total. The molecule has 1 aromatic carbocycles. The number of para-hydroxylation sites is 1. The molecule has 0 saturated carbocycles. The van der Waals surface area contributed by atoms with Crippen LogP contribution in [0.5, 0.6) is 0 Å². The Kier molecular flexibility index (Phi) is 5.56. The van der Waals surface area contributed by atoms with Gasteiger partial charge in [-0.3, -0.25) is 14.4 Å². The van der Waals surface area contributed by atoms with Gasteiger partial charge in [-0.1, -0.05) is 18.2 Å². The van der Waals surface area contributed by atoms with E-state index >= 15 is 0 Å². The summed E-state index contributed by atoms with van der Waals surface area (Å²) in [6, 6.07) is 7.92. The van der Waals surface area contributed by atoms with Crippen LogP contribution in [0.25, 0.3) is 0 Å². The first-order valence-electron chi connectivity index (χ1n) is 9.13. The molecular formula is C19H26N4O3. The zero-order valence-electron chi connectivity index (χ0n) is 15.1. The number of hydrogen-bond acceptors (Lipinski definition) is 4. The van der Waals surface area contributed by atoms with Gasteiger partial charge in [-0.15, -0.1) is 0 Å². The molecule has 3 amide bonds. The van der Waals surface area contributed by atoms with E-state index in [4.69, 9.17) is 5.73 Å². The Balaban J connectivity index is 1.72. The van der Waals surface area contributed by atoms with Crippen molar-refractivity contribution in [1.82, 2.24) is 10.2 Å². The molecule has 0 spiro atoms. The summed E-state index contributed by atoms with van der Waals surface area (Å²) in [5, 5.41) is 2.68. The Hall–Kier alpha value is -2.41. The van der Waals surface area contributed by atoms with Crippen LogP contribution < -0.4 is 16.0 Å². The van der Waals surface area contributed by atoms with Gasteiger partial charge in [0.05, 0.1) is 5.92 Å². The van der Waals surface area contributed by atoms with E-state index in [2.05, 4.69) is 17.3 Å². The van der Waals surface area contributed by atoms with E-state index in [1.165, 1.54) is 0 Å². The molecule has 26 heavy (non-hydrogen) atoms. The number of rotatable bonds is 6. The Morgan fingerprint density at radius 1 is 1.23 bits per heavy atom. The van der Waals surface area contributed by atoms with Crippen LogP contribution in [0.4, 0.5) is 5.69 Å². The minimum absolute atomic E-state index is 0.00537. The van der Waals surface area contributed by atoms with Crippen molar-refractivity contribution in [2.75, 3.05) is 31.6 Å². The first kappa shape index (κ1) is 18.4. The van der Waals surface area contributed by atoms with Crippen LogP contribution >= 0.6 is 0 Å². The van der Waals surface area contributed by atoms with E-state index in [-0.39, 0.29) is 37.2 Å². The highest BCUT2D eigenvalue weighted by atomic mass is 16.2. The highest BCUT2D eigenvalue weighted by Gasteiger charge is 2.41. The van der Waals surface area contributed by atoms with E-state index in [0.717, 1.165) is 37.2 Å². The molecule has 1 fully saturated rings. The summed E-state index contributed by atoms with van der Waals surface area (Å²) < 4.78 is 0. The molecule has 0 radical (unpaired) electrons. The summed E-state index contributed by atoms with van der Waals surface area (Å²) in [7, 11) is 2.09. The average molecular weight is 358 g/mol. The number of fused-ring (bicyclic) bond motifs is 1. The molecule has 2 heterocycles. The van der Waals surface area contributed by atoms with Crippen LogP contribution in [0.2, 0.25) is 0 Å². The van der Waals surface area contributed by atoms with E-state index < -0.39 is 11.8 Å². The van der Waals surface area contributed by atoms with Crippen molar-refractivity contribution in [3.05, 3.63) is 29.8 Å². The number of amides is 3. The molecule has 2 aliphatic rings. The maximum absolute atomic E-state index is 13.1. The number of benzene rings is 1. The number of nitrogens with zero attached hydrogens (tertiary/aromatic N) is 2. The van der Waals surface area contributed by atoms with Gasteiger partial charge >= 0.3 is 0 Å². The highest BCUT2D eigenvalue weighted by molar-refractivity contribution is 6.07. The standard InChI is InChI=1S/C19H26N4O3/c1-22-10-7-13(8-11-22)23-16-5-3-2-4-14(16)15(19(23)26)12-18(25)21-9-6-17(20)24/h2-5,13,15H,6-12H2,1H3,(H2,20,24)(H,21,25). The molecule has 3 rings (SSSR count). The summed E-state index contributed by atoms with van der Waals surface area (Å²) in [4.78, 5) is 40.3. The number of piperidine rings is 1. The second kappa shape index (κ2) is 7.86. The Bertz CT molecular complexity index is 698. The van der Waals surface area contributed by atoms with Crippen molar-refractivity contribution in [2.24, 2.45) is 5.73 Å². The topological polar surface area (TPSA) is 95.7 Å². The van der Waals surface area contributed by atoms with E-state index in [1.807, 2.05) is 29.2 Å². The van der Waals surface area contributed by atoms with Gasteiger partial charge in [-0.2, -0.15) is 0 Å². The molecule has 140 valence electrons. The summed E-state index contributed by atoms with van der Waals surface area (Å²) in [6.07, 6.45) is 2.07. The predicted molar refractivity (Wildman–Crippen MR) is 98.6 cm³/mol. The quantitative estimate of drug-likeness (QED) is 0.778. The third kappa shape index (κ3) is 3.88. The minimum atomic E-state index is -0.459. The summed E-state index contributed by atoms with van der Waals surface area (Å²) in [6.45, 7) is 2.14. The molecule has 0 bridgehead atoms.